The van der Waals surface area contributed by atoms with Crippen LogP contribution in [0.1, 0.15) is 38.7 Å². The summed E-state index contributed by atoms with van der Waals surface area (Å²) in [6.07, 6.45) is 7.74. The molecule has 128 valence electrons. The number of methoxy groups -OCH3 is 1. The van der Waals surface area contributed by atoms with Crippen molar-refractivity contribution in [2.24, 2.45) is 5.41 Å². The average molecular weight is 317 g/mol. The summed E-state index contributed by atoms with van der Waals surface area (Å²) in [4.78, 5) is 9.38. The zero-order valence-corrected chi connectivity index (χ0v) is 14.9. The summed E-state index contributed by atoms with van der Waals surface area (Å²) in [6, 6.07) is 5.49. The quantitative estimate of drug-likeness (QED) is 0.835. The van der Waals surface area contributed by atoms with Crippen molar-refractivity contribution < 1.29 is 4.74 Å². The first kappa shape index (κ1) is 16.9. The van der Waals surface area contributed by atoms with Gasteiger partial charge in [-0.1, -0.05) is 0 Å². The predicted molar refractivity (Wildman–Crippen MR) is 93.3 cm³/mol. The van der Waals surface area contributed by atoms with Gasteiger partial charge in [0.2, 0.25) is 0 Å². The summed E-state index contributed by atoms with van der Waals surface area (Å²) in [5, 5.41) is 0. The van der Waals surface area contributed by atoms with E-state index >= 15 is 0 Å². The van der Waals surface area contributed by atoms with Gasteiger partial charge in [-0.2, -0.15) is 0 Å². The molecule has 0 saturated carbocycles. The SMILES string of the molecule is COC[C@@H]1CC2(CCN(Cc3ccncc3)CC2)CN1C(C)C. The van der Waals surface area contributed by atoms with Gasteiger partial charge in [-0.3, -0.25) is 14.8 Å². The molecule has 3 rings (SSSR count). The molecule has 4 heteroatoms. The van der Waals surface area contributed by atoms with E-state index in [0.29, 0.717) is 17.5 Å². The molecule has 1 atom stereocenters. The third-order valence-electron chi connectivity index (χ3n) is 5.75. The number of pyridine rings is 1. The maximum atomic E-state index is 5.48. The topological polar surface area (TPSA) is 28.6 Å². The van der Waals surface area contributed by atoms with Crippen LogP contribution < -0.4 is 0 Å². The lowest BCUT2D eigenvalue weighted by molar-refractivity contribution is 0.0915. The van der Waals surface area contributed by atoms with Gasteiger partial charge in [0.1, 0.15) is 0 Å². The van der Waals surface area contributed by atoms with Crippen LogP contribution in [-0.2, 0) is 11.3 Å². The van der Waals surface area contributed by atoms with Crippen molar-refractivity contribution in [1.29, 1.82) is 0 Å². The molecule has 0 N–H and O–H groups in total. The summed E-state index contributed by atoms with van der Waals surface area (Å²) < 4.78 is 5.48. The van der Waals surface area contributed by atoms with Crippen LogP contribution in [0.15, 0.2) is 24.5 Å². The minimum absolute atomic E-state index is 0.516. The molecule has 3 heterocycles. The van der Waals surface area contributed by atoms with E-state index in [1.54, 1.807) is 0 Å². The van der Waals surface area contributed by atoms with Crippen LogP contribution in [0.3, 0.4) is 0 Å². The van der Waals surface area contributed by atoms with E-state index in [9.17, 15) is 0 Å². The molecular weight excluding hydrogens is 286 g/mol. The smallest absolute Gasteiger partial charge is 0.0618 e. The zero-order valence-electron chi connectivity index (χ0n) is 14.9. The van der Waals surface area contributed by atoms with Gasteiger partial charge in [-0.15, -0.1) is 0 Å². The van der Waals surface area contributed by atoms with Crippen molar-refractivity contribution in [2.75, 3.05) is 33.4 Å². The van der Waals surface area contributed by atoms with Crippen molar-refractivity contribution in [3.8, 4) is 0 Å². The molecule has 2 fully saturated rings. The second-order valence-electron chi connectivity index (χ2n) is 7.71. The maximum absolute atomic E-state index is 5.48. The first-order valence-corrected chi connectivity index (χ1v) is 8.98. The Morgan fingerprint density at radius 1 is 1.26 bits per heavy atom. The third-order valence-corrected chi connectivity index (χ3v) is 5.75. The number of hydrogen-bond donors (Lipinski definition) is 0. The van der Waals surface area contributed by atoms with Gasteiger partial charge in [0, 0.05) is 44.7 Å². The van der Waals surface area contributed by atoms with Gasteiger partial charge >= 0.3 is 0 Å². The van der Waals surface area contributed by atoms with Crippen LogP contribution in [-0.4, -0.2) is 60.2 Å². The lowest BCUT2D eigenvalue weighted by atomic mass is 9.76. The van der Waals surface area contributed by atoms with E-state index < -0.39 is 0 Å². The van der Waals surface area contributed by atoms with Gasteiger partial charge in [0.15, 0.2) is 0 Å². The van der Waals surface area contributed by atoms with E-state index in [2.05, 4.69) is 40.8 Å². The van der Waals surface area contributed by atoms with Crippen LogP contribution in [0.25, 0.3) is 0 Å². The Hall–Kier alpha value is -0.970. The third kappa shape index (κ3) is 3.93. The molecule has 2 aliphatic heterocycles. The molecule has 2 aliphatic rings. The van der Waals surface area contributed by atoms with Crippen molar-refractivity contribution in [1.82, 2.24) is 14.8 Å². The summed E-state index contributed by atoms with van der Waals surface area (Å²) in [6.45, 7) is 10.3. The molecule has 1 aromatic rings. The van der Waals surface area contributed by atoms with Gasteiger partial charge in [0.05, 0.1) is 6.61 Å². The largest absolute Gasteiger partial charge is 0.383 e. The highest BCUT2D eigenvalue weighted by Crippen LogP contribution is 2.44. The zero-order chi connectivity index (χ0) is 16.3. The summed E-state index contributed by atoms with van der Waals surface area (Å²) in [7, 11) is 1.83. The highest BCUT2D eigenvalue weighted by molar-refractivity contribution is 5.10. The fourth-order valence-corrected chi connectivity index (χ4v) is 4.44. The highest BCUT2D eigenvalue weighted by atomic mass is 16.5. The molecule has 1 spiro atoms. The van der Waals surface area contributed by atoms with Crippen molar-refractivity contribution in [2.45, 2.75) is 51.7 Å². The molecule has 0 unspecified atom stereocenters. The van der Waals surface area contributed by atoms with Crippen LogP contribution in [0.2, 0.25) is 0 Å². The van der Waals surface area contributed by atoms with Crippen LogP contribution in [0.4, 0.5) is 0 Å². The standard InChI is InChI=1S/C19H31N3O/c1-16(2)22-15-19(12-18(22)14-23-3)6-10-21(11-7-19)13-17-4-8-20-9-5-17/h4-5,8-9,16,18H,6-7,10-15H2,1-3H3/t18-/m0/s1. The Labute approximate surface area is 140 Å². The Morgan fingerprint density at radius 3 is 2.57 bits per heavy atom. The lowest BCUT2D eigenvalue weighted by Gasteiger charge is -2.39. The Kier molecular flexibility index (Phi) is 5.34. The average Bonchev–Trinajstić information content (AvgIpc) is 2.90. The second kappa shape index (κ2) is 7.29. The molecule has 0 bridgehead atoms. The van der Waals surface area contributed by atoms with E-state index in [1.807, 2.05) is 19.5 Å². The van der Waals surface area contributed by atoms with Crippen molar-refractivity contribution >= 4 is 0 Å². The molecule has 0 aliphatic carbocycles. The highest BCUT2D eigenvalue weighted by Gasteiger charge is 2.45. The summed E-state index contributed by atoms with van der Waals surface area (Å²) in [5.41, 5.74) is 1.89. The minimum Gasteiger partial charge on any atom is -0.383 e. The Morgan fingerprint density at radius 2 is 1.96 bits per heavy atom. The normalized spacial score (nSPS) is 25.5. The number of rotatable bonds is 5. The number of likely N-dealkylation sites (tertiary alicyclic amines) is 2. The summed E-state index contributed by atoms with van der Waals surface area (Å²) in [5.74, 6) is 0. The van der Waals surface area contributed by atoms with Gasteiger partial charge in [-0.25, -0.2) is 0 Å². The Bertz CT molecular complexity index is 483. The summed E-state index contributed by atoms with van der Waals surface area (Å²) >= 11 is 0. The van der Waals surface area contributed by atoms with E-state index in [1.165, 1.54) is 44.5 Å². The number of piperidine rings is 1. The molecule has 23 heavy (non-hydrogen) atoms. The monoisotopic (exact) mass is 317 g/mol. The molecule has 0 amide bonds. The molecule has 0 radical (unpaired) electrons. The fraction of sp³-hybridized carbons (Fsp3) is 0.737. The fourth-order valence-electron chi connectivity index (χ4n) is 4.44. The molecule has 0 aromatic carbocycles. The number of hydrogen-bond acceptors (Lipinski definition) is 4. The predicted octanol–water partition coefficient (Wildman–Crippen LogP) is 2.79. The van der Waals surface area contributed by atoms with Crippen molar-refractivity contribution in [3.63, 3.8) is 0 Å². The second-order valence-corrected chi connectivity index (χ2v) is 7.71. The molecule has 1 aromatic heterocycles. The lowest BCUT2D eigenvalue weighted by Crippen LogP contribution is -2.42. The first-order chi connectivity index (χ1) is 11.1. The molecular formula is C19H31N3O. The minimum atomic E-state index is 0.516. The van der Waals surface area contributed by atoms with E-state index in [4.69, 9.17) is 4.74 Å². The Balaban J connectivity index is 1.57. The molecule has 2 saturated heterocycles. The van der Waals surface area contributed by atoms with Crippen LogP contribution >= 0.6 is 0 Å². The molecule has 4 nitrogen and oxygen atoms in total. The van der Waals surface area contributed by atoms with Crippen LogP contribution in [0.5, 0.6) is 0 Å². The van der Waals surface area contributed by atoms with Crippen LogP contribution in [0, 0.1) is 5.41 Å². The van der Waals surface area contributed by atoms with E-state index in [0.717, 1.165) is 13.2 Å². The van der Waals surface area contributed by atoms with Gasteiger partial charge < -0.3 is 4.74 Å². The number of nitrogens with zero attached hydrogens (tertiary/aromatic N) is 3. The van der Waals surface area contributed by atoms with E-state index in [-0.39, 0.29) is 0 Å². The van der Waals surface area contributed by atoms with Gasteiger partial charge in [-0.05, 0) is 69.3 Å². The number of aromatic nitrogens is 1. The first-order valence-electron chi connectivity index (χ1n) is 8.98. The van der Waals surface area contributed by atoms with Gasteiger partial charge in [0.25, 0.3) is 0 Å². The van der Waals surface area contributed by atoms with Crippen molar-refractivity contribution in [3.05, 3.63) is 30.1 Å². The maximum Gasteiger partial charge on any atom is 0.0618 e. The number of ether oxygens (including phenoxy) is 1.